The maximum atomic E-state index is 12.7. The zero-order valence-electron chi connectivity index (χ0n) is 18.4. The number of carbonyl (C=O) groups is 2. The maximum absolute atomic E-state index is 12.7. The number of hydrogen-bond donors (Lipinski definition) is 2. The molecule has 0 atom stereocenters. The predicted molar refractivity (Wildman–Crippen MR) is 128 cm³/mol. The molecule has 1 amide bonds. The highest BCUT2D eigenvalue weighted by Gasteiger charge is 2.22. The summed E-state index contributed by atoms with van der Waals surface area (Å²) < 4.78 is 0. The summed E-state index contributed by atoms with van der Waals surface area (Å²) in [6.07, 6.45) is 0.945. The highest BCUT2D eigenvalue weighted by atomic mass is 16.3. The van der Waals surface area contributed by atoms with Crippen LogP contribution in [0.25, 0.3) is 0 Å². The van der Waals surface area contributed by atoms with Crippen molar-refractivity contribution < 1.29 is 14.7 Å². The second kappa shape index (κ2) is 11.9. The van der Waals surface area contributed by atoms with Crippen LogP contribution in [0.3, 0.4) is 0 Å². The van der Waals surface area contributed by atoms with Gasteiger partial charge in [0, 0.05) is 37.4 Å². The van der Waals surface area contributed by atoms with Crippen LogP contribution < -0.4 is 5.32 Å². The molecular formula is C27H30N2O3. The first-order valence-corrected chi connectivity index (χ1v) is 10.9. The number of rotatable bonds is 11. The van der Waals surface area contributed by atoms with Crippen molar-refractivity contribution in [2.45, 2.75) is 25.8 Å². The Morgan fingerprint density at radius 1 is 0.844 bits per heavy atom. The summed E-state index contributed by atoms with van der Waals surface area (Å²) in [6, 6.07) is 27.4. The summed E-state index contributed by atoms with van der Waals surface area (Å²) >= 11 is 0. The first-order chi connectivity index (χ1) is 15.6. The fourth-order valence-electron chi connectivity index (χ4n) is 3.79. The van der Waals surface area contributed by atoms with Gasteiger partial charge in [-0.1, -0.05) is 60.7 Å². The number of carbonyl (C=O) groups excluding carboxylic acids is 2. The fraction of sp³-hybridized carbons (Fsp3) is 0.259. The van der Waals surface area contributed by atoms with Crippen molar-refractivity contribution in [1.29, 1.82) is 0 Å². The molecule has 0 spiro atoms. The van der Waals surface area contributed by atoms with Crippen molar-refractivity contribution in [3.8, 4) is 0 Å². The number of Topliss-reactive ketones (excluding diaryl/α,β-unsaturated/α-hetero) is 1. The van der Waals surface area contributed by atoms with Crippen LogP contribution in [-0.4, -0.2) is 41.4 Å². The van der Waals surface area contributed by atoms with Crippen LogP contribution in [0.15, 0.2) is 84.9 Å². The lowest BCUT2D eigenvalue weighted by atomic mass is 9.96. The van der Waals surface area contributed by atoms with Gasteiger partial charge in [-0.2, -0.15) is 0 Å². The SMILES string of the molecule is CC(=O)c1ccc(NC(=O)CCN(CCCO)C(c2ccccc2)c2ccccc2)cc1. The molecule has 3 aromatic carbocycles. The highest BCUT2D eigenvalue weighted by Crippen LogP contribution is 2.29. The number of amides is 1. The zero-order valence-corrected chi connectivity index (χ0v) is 18.4. The van der Waals surface area contributed by atoms with Gasteiger partial charge in [-0.3, -0.25) is 14.5 Å². The molecule has 2 N–H and O–H groups in total. The van der Waals surface area contributed by atoms with Crippen LogP contribution >= 0.6 is 0 Å². The summed E-state index contributed by atoms with van der Waals surface area (Å²) in [4.78, 5) is 26.3. The Morgan fingerprint density at radius 3 is 1.91 bits per heavy atom. The number of anilines is 1. The van der Waals surface area contributed by atoms with Crippen molar-refractivity contribution in [2.24, 2.45) is 0 Å². The minimum Gasteiger partial charge on any atom is -0.396 e. The summed E-state index contributed by atoms with van der Waals surface area (Å²) in [5, 5.41) is 12.4. The molecule has 0 aromatic heterocycles. The molecular weight excluding hydrogens is 400 g/mol. The van der Waals surface area contributed by atoms with Gasteiger partial charge in [0.25, 0.3) is 0 Å². The number of benzene rings is 3. The topological polar surface area (TPSA) is 69.6 Å². The van der Waals surface area contributed by atoms with Crippen molar-refractivity contribution in [1.82, 2.24) is 4.90 Å². The number of aliphatic hydroxyl groups excluding tert-OH is 1. The van der Waals surface area contributed by atoms with E-state index in [4.69, 9.17) is 0 Å². The van der Waals surface area contributed by atoms with E-state index in [-0.39, 0.29) is 24.3 Å². The minimum atomic E-state index is -0.0885. The van der Waals surface area contributed by atoms with Gasteiger partial charge in [-0.15, -0.1) is 0 Å². The number of nitrogens with zero attached hydrogens (tertiary/aromatic N) is 1. The van der Waals surface area contributed by atoms with Crippen molar-refractivity contribution >= 4 is 17.4 Å². The third kappa shape index (κ3) is 6.61. The standard InChI is InChI=1S/C27H30N2O3/c1-21(31)22-13-15-25(16-14-22)28-26(32)17-19-29(18-8-20-30)27(23-9-4-2-5-10-23)24-11-6-3-7-12-24/h2-7,9-16,27,30H,8,17-20H2,1H3,(H,28,32). The highest BCUT2D eigenvalue weighted by molar-refractivity contribution is 5.95. The molecule has 0 saturated heterocycles. The molecule has 0 aliphatic rings. The monoisotopic (exact) mass is 430 g/mol. The van der Waals surface area contributed by atoms with E-state index in [2.05, 4.69) is 34.5 Å². The fourth-order valence-corrected chi connectivity index (χ4v) is 3.79. The van der Waals surface area contributed by atoms with Gasteiger partial charge in [-0.05, 0) is 48.7 Å². The Bertz CT molecular complexity index is 949. The molecule has 0 bridgehead atoms. The number of hydrogen-bond acceptors (Lipinski definition) is 4. The van der Waals surface area contributed by atoms with Crippen LogP contribution in [0.4, 0.5) is 5.69 Å². The predicted octanol–water partition coefficient (Wildman–Crippen LogP) is 4.69. The average molecular weight is 431 g/mol. The van der Waals surface area contributed by atoms with Crippen LogP contribution in [-0.2, 0) is 4.79 Å². The van der Waals surface area contributed by atoms with Crippen LogP contribution in [0.1, 0.15) is 47.3 Å². The molecule has 0 unspecified atom stereocenters. The number of nitrogens with one attached hydrogen (secondary N) is 1. The van der Waals surface area contributed by atoms with Gasteiger partial charge in [0.05, 0.1) is 6.04 Å². The molecule has 0 heterocycles. The molecule has 0 aliphatic carbocycles. The number of aliphatic hydroxyl groups is 1. The van der Waals surface area contributed by atoms with E-state index >= 15 is 0 Å². The Morgan fingerprint density at radius 2 is 1.41 bits per heavy atom. The van der Waals surface area contributed by atoms with E-state index < -0.39 is 0 Å². The van der Waals surface area contributed by atoms with E-state index in [0.29, 0.717) is 37.2 Å². The third-order valence-electron chi connectivity index (χ3n) is 5.40. The van der Waals surface area contributed by atoms with Crippen molar-refractivity contribution in [2.75, 3.05) is 25.0 Å². The molecule has 0 fully saturated rings. The van der Waals surface area contributed by atoms with E-state index in [1.54, 1.807) is 24.3 Å². The van der Waals surface area contributed by atoms with Crippen LogP contribution in [0.2, 0.25) is 0 Å². The van der Waals surface area contributed by atoms with Gasteiger partial charge >= 0.3 is 0 Å². The van der Waals surface area contributed by atoms with E-state index in [9.17, 15) is 14.7 Å². The molecule has 3 aromatic rings. The Labute approximate surface area is 189 Å². The molecule has 5 heteroatoms. The smallest absolute Gasteiger partial charge is 0.225 e. The Hall–Kier alpha value is -3.28. The van der Waals surface area contributed by atoms with Gasteiger partial charge in [0.1, 0.15) is 0 Å². The first-order valence-electron chi connectivity index (χ1n) is 10.9. The Kier molecular flexibility index (Phi) is 8.72. The molecule has 5 nitrogen and oxygen atoms in total. The molecule has 0 radical (unpaired) electrons. The minimum absolute atomic E-state index is 0.00438. The third-order valence-corrected chi connectivity index (χ3v) is 5.40. The van der Waals surface area contributed by atoms with Crippen molar-refractivity contribution in [3.63, 3.8) is 0 Å². The van der Waals surface area contributed by atoms with E-state index in [1.165, 1.54) is 6.92 Å². The summed E-state index contributed by atoms with van der Waals surface area (Å²) in [5.41, 5.74) is 3.59. The van der Waals surface area contributed by atoms with Gasteiger partial charge < -0.3 is 10.4 Å². The molecule has 166 valence electrons. The normalized spacial score (nSPS) is 11.0. The van der Waals surface area contributed by atoms with E-state index in [0.717, 1.165) is 11.1 Å². The molecule has 32 heavy (non-hydrogen) atoms. The summed E-state index contributed by atoms with van der Waals surface area (Å²) in [5.74, 6) is -0.0929. The van der Waals surface area contributed by atoms with Gasteiger partial charge in [0.2, 0.25) is 5.91 Å². The lowest BCUT2D eigenvalue weighted by molar-refractivity contribution is -0.116. The van der Waals surface area contributed by atoms with Gasteiger partial charge in [0.15, 0.2) is 5.78 Å². The molecule has 0 saturated carbocycles. The van der Waals surface area contributed by atoms with Crippen LogP contribution in [0, 0.1) is 0 Å². The lowest BCUT2D eigenvalue weighted by Crippen LogP contribution is -2.34. The van der Waals surface area contributed by atoms with Crippen LogP contribution in [0.5, 0.6) is 0 Å². The van der Waals surface area contributed by atoms with Gasteiger partial charge in [-0.25, -0.2) is 0 Å². The molecule has 0 aliphatic heterocycles. The van der Waals surface area contributed by atoms with E-state index in [1.807, 2.05) is 36.4 Å². The molecule has 3 rings (SSSR count). The maximum Gasteiger partial charge on any atom is 0.225 e. The largest absolute Gasteiger partial charge is 0.396 e. The second-order valence-electron chi connectivity index (χ2n) is 7.77. The van der Waals surface area contributed by atoms with Crippen molar-refractivity contribution in [3.05, 3.63) is 102 Å². The lowest BCUT2D eigenvalue weighted by Gasteiger charge is -2.32. The zero-order chi connectivity index (χ0) is 22.8. The first kappa shape index (κ1) is 23.4. The second-order valence-corrected chi connectivity index (χ2v) is 7.77. The average Bonchev–Trinajstić information content (AvgIpc) is 2.82. The summed E-state index contributed by atoms with van der Waals surface area (Å²) in [7, 11) is 0. The number of ketones is 1. The Balaban J connectivity index is 1.74. The summed E-state index contributed by atoms with van der Waals surface area (Å²) in [6.45, 7) is 2.84. The quantitative estimate of drug-likeness (QED) is 0.433.